The van der Waals surface area contributed by atoms with E-state index < -0.39 is 0 Å². The van der Waals surface area contributed by atoms with Gasteiger partial charge in [0.1, 0.15) is 5.69 Å². The van der Waals surface area contributed by atoms with E-state index in [1.807, 2.05) is 32.0 Å². The summed E-state index contributed by atoms with van der Waals surface area (Å²) in [6.07, 6.45) is 1.73. The molecule has 0 unspecified atom stereocenters. The first-order valence-corrected chi connectivity index (χ1v) is 8.84. The van der Waals surface area contributed by atoms with E-state index in [0.29, 0.717) is 18.3 Å². The number of pyridine rings is 2. The molecule has 0 radical (unpaired) electrons. The third-order valence-corrected chi connectivity index (χ3v) is 4.52. The van der Waals surface area contributed by atoms with Crippen molar-refractivity contribution < 1.29 is 4.52 Å². The number of nitrogens with zero attached hydrogens (tertiary/aromatic N) is 6. The van der Waals surface area contributed by atoms with E-state index in [1.165, 1.54) is 5.69 Å². The van der Waals surface area contributed by atoms with Gasteiger partial charge in [-0.1, -0.05) is 11.2 Å². The second kappa shape index (κ2) is 7.21. The van der Waals surface area contributed by atoms with Crippen molar-refractivity contribution in [2.45, 2.75) is 20.4 Å². The summed E-state index contributed by atoms with van der Waals surface area (Å²) in [7, 11) is 0. The van der Waals surface area contributed by atoms with Crippen molar-refractivity contribution in [1.82, 2.24) is 25.0 Å². The predicted octanol–water partition coefficient (Wildman–Crippen LogP) is 2.47. The van der Waals surface area contributed by atoms with E-state index in [9.17, 15) is 0 Å². The first-order chi connectivity index (χ1) is 12.7. The maximum absolute atomic E-state index is 5.40. The number of rotatable bonds is 4. The molecule has 1 fully saturated rings. The Bertz CT molecular complexity index is 850. The molecule has 4 rings (SSSR count). The van der Waals surface area contributed by atoms with Crippen molar-refractivity contribution in [3.05, 3.63) is 53.8 Å². The molecule has 4 heterocycles. The number of hydrogen-bond donors (Lipinski definition) is 0. The van der Waals surface area contributed by atoms with Crippen molar-refractivity contribution >= 4 is 5.69 Å². The molecule has 7 heteroatoms. The van der Waals surface area contributed by atoms with Crippen LogP contribution in [0.25, 0.3) is 11.5 Å². The second-order valence-corrected chi connectivity index (χ2v) is 6.60. The highest BCUT2D eigenvalue weighted by Gasteiger charge is 2.20. The Morgan fingerprint density at radius 1 is 1.00 bits per heavy atom. The molecule has 0 spiro atoms. The van der Waals surface area contributed by atoms with E-state index in [2.05, 4.69) is 42.0 Å². The summed E-state index contributed by atoms with van der Waals surface area (Å²) < 4.78 is 5.40. The van der Waals surface area contributed by atoms with Crippen LogP contribution in [0, 0.1) is 13.8 Å². The Labute approximate surface area is 152 Å². The number of aryl methyl sites for hydroxylation is 2. The van der Waals surface area contributed by atoms with Gasteiger partial charge in [-0.05, 0) is 38.1 Å². The van der Waals surface area contributed by atoms with Crippen molar-refractivity contribution in [3.63, 3.8) is 0 Å². The van der Waals surface area contributed by atoms with Gasteiger partial charge in [-0.3, -0.25) is 14.9 Å². The van der Waals surface area contributed by atoms with Gasteiger partial charge in [-0.2, -0.15) is 4.98 Å². The highest BCUT2D eigenvalue weighted by molar-refractivity contribution is 5.49. The minimum Gasteiger partial charge on any atom is -0.369 e. The smallest absolute Gasteiger partial charge is 0.241 e. The van der Waals surface area contributed by atoms with E-state index in [0.717, 1.165) is 43.3 Å². The third-order valence-electron chi connectivity index (χ3n) is 4.52. The molecule has 7 nitrogen and oxygen atoms in total. The fraction of sp³-hybridized carbons (Fsp3) is 0.368. The SMILES string of the molecule is Cc1cc(N2CCN(Cc3nc(-c4ccccn4)no3)CC2)cc(C)n1. The zero-order valence-electron chi connectivity index (χ0n) is 15.1. The van der Waals surface area contributed by atoms with Crippen LogP contribution in [-0.4, -0.2) is 51.2 Å². The van der Waals surface area contributed by atoms with Crippen LogP contribution in [0.3, 0.4) is 0 Å². The van der Waals surface area contributed by atoms with Gasteiger partial charge in [0.15, 0.2) is 0 Å². The lowest BCUT2D eigenvalue weighted by Crippen LogP contribution is -2.46. The minimum absolute atomic E-state index is 0.543. The molecule has 0 N–H and O–H groups in total. The van der Waals surface area contributed by atoms with E-state index >= 15 is 0 Å². The highest BCUT2D eigenvalue weighted by Crippen LogP contribution is 2.19. The van der Waals surface area contributed by atoms with Gasteiger partial charge in [0.25, 0.3) is 0 Å². The molecule has 3 aromatic heterocycles. The maximum atomic E-state index is 5.40. The van der Waals surface area contributed by atoms with E-state index in [-0.39, 0.29) is 0 Å². The average molecular weight is 350 g/mol. The molecule has 1 saturated heterocycles. The summed E-state index contributed by atoms with van der Waals surface area (Å²) >= 11 is 0. The predicted molar refractivity (Wildman–Crippen MR) is 98.7 cm³/mol. The van der Waals surface area contributed by atoms with E-state index in [1.54, 1.807) is 6.20 Å². The zero-order valence-corrected chi connectivity index (χ0v) is 15.1. The van der Waals surface area contributed by atoms with Gasteiger partial charge in [0.05, 0.1) is 6.54 Å². The van der Waals surface area contributed by atoms with Crippen LogP contribution in [-0.2, 0) is 6.54 Å². The van der Waals surface area contributed by atoms with Crippen LogP contribution < -0.4 is 4.90 Å². The molecule has 0 atom stereocenters. The Kier molecular flexibility index (Phi) is 4.62. The Hall–Kier alpha value is -2.80. The molecule has 1 aliphatic rings. The van der Waals surface area contributed by atoms with Crippen LogP contribution >= 0.6 is 0 Å². The summed E-state index contributed by atoms with van der Waals surface area (Å²) in [6.45, 7) is 8.63. The molecule has 26 heavy (non-hydrogen) atoms. The molecular formula is C19H22N6O. The van der Waals surface area contributed by atoms with Crippen LogP contribution in [0.4, 0.5) is 5.69 Å². The monoisotopic (exact) mass is 350 g/mol. The number of anilines is 1. The lowest BCUT2D eigenvalue weighted by Gasteiger charge is -2.35. The van der Waals surface area contributed by atoms with Crippen molar-refractivity contribution in [2.24, 2.45) is 0 Å². The molecule has 3 aromatic rings. The Morgan fingerprint density at radius 3 is 2.46 bits per heavy atom. The number of piperazine rings is 1. The van der Waals surface area contributed by atoms with Gasteiger partial charge < -0.3 is 9.42 Å². The van der Waals surface area contributed by atoms with Crippen LogP contribution in [0.1, 0.15) is 17.3 Å². The topological polar surface area (TPSA) is 71.2 Å². The quantitative estimate of drug-likeness (QED) is 0.716. The van der Waals surface area contributed by atoms with Gasteiger partial charge in [0.2, 0.25) is 11.7 Å². The molecule has 0 amide bonds. The molecule has 134 valence electrons. The molecule has 0 bridgehead atoms. The summed E-state index contributed by atoms with van der Waals surface area (Å²) in [5, 5.41) is 4.04. The molecule has 0 aromatic carbocycles. The normalized spacial score (nSPS) is 15.4. The fourth-order valence-corrected chi connectivity index (χ4v) is 3.27. The van der Waals surface area contributed by atoms with E-state index in [4.69, 9.17) is 4.52 Å². The first kappa shape index (κ1) is 16.7. The van der Waals surface area contributed by atoms with Crippen LogP contribution in [0.15, 0.2) is 41.1 Å². The summed E-state index contributed by atoms with van der Waals surface area (Å²) in [6, 6.07) is 9.97. The van der Waals surface area contributed by atoms with Crippen molar-refractivity contribution in [2.75, 3.05) is 31.1 Å². The van der Waals surface area contributed by atoms with Gasteiger partial charge in [0, 0.05) is 49.5 Å². The summed E-state index contributed by atoms with van der Waals surface area (Å²) in [5.41, 5.74) is 4.12. The minimum atomic E-state index is 0.543. The number of hydrogen-bond acceptors (Lipinski definition) is 7. The Balaban J connectivity index is 1.36. The summed E-state index contributed by atoms with van der Waals surface area (Å²) in [5.74, 6) is 1.18. The maximum Gasteiger partial charge on any atom is 0.241 e. The fourth-order valence-electron chi connectivity index (χ4n) is 3.27. The average Bonchev–Trinajstić information content (AvgIpc) is 3.11. The lowest BCUT2D eigenvalue weighted by atomic mass is 10.2. The lowest BCUT2D eigenvalue weighted by molar-refractivity contribution is 0.215. The van der Waals surface area contributed by atoms with Gasteiger partial charge >= 0.3 is 0 Å². The van der Waals surface area contributed by atoms with Crippen LogP contribution in [0.5, 0.6) is 0 Å². The first-order valence-electron chi connectivity index (χ1n) is 8.84. The number of aromatic nitrogens is 4. The standard InChI is InChI=1S/C19H22N6O/c1-14-11-16(12-15(2)21-14)25-9-7-24(8-10-25)13-18-22-19(23-26-18)17-5-3-4-6-20-17/h3-6,11-12H,7-10,13H2,1-2H3. The summed E-state index contributed by atoms with van der Waals surface area (Å²) in [4.78, 5) is 17.9. The molecule has 1 aliphatic heterocycles. The molecule has 0 saturated carbocycles. The third kappa shape index (κ3) is 3.72. The Morgan fingerprint density at radius 2 is 1.77 bits per heavy atom. The van der Waals surface area contributed by atoms with Crippen LogP contribution in [0.2, 0.25) is 0 Å². The highest BCUT2D eigenvalue weighted by atomic mass is 16.5. The largest absolute Gasteiger partial charge is 0.369 e. The zero-order chi connectivity index (χ0) is 17.9. The van der Waals surface area contributed by atoms with Crippen molar-refractivity contribution in [1.29, 1.82) is 0 Å². The second-order valence-electron chi connectivity index (χ2n) is 6.60. The van der Waals surface area contributed by atoms with Gasteiger partial charge in [-0.15, -0.1) is 0 Å². The molecule has 0 aliphatic carbocycles. The molecular weight excluding hydrogens is 328 g/mol. The van der Waals surface area contributed by atoms with Gasteiger partial charge in [-0.25, -0.2) is 0 Å². The van der Waals surface area contributed by atoms with Crippen molar-refractivity contribution in [3.8, 4) is 11.5 Å².